The molecule has 0 amide bonds. The van der Waals surface area contributed by atoms with Gasteiger partial charge in [-0.3, -0.25) is 4.68 Å². The van der Waals surface area contributed by atoms with E-state index in [0.29, 0.717) is 0 Å². The zero-order valence-electron chi connectivity index (χ0n) is 10.3. The minimum atomic E-state index is 0.791. The highest BCUT2D eigenvalue weighted by molar-refractivity contribution is 7.15. The summed E-state index contributed by atoms with van der Waals surface area (Å²) in [5.74, 6) is 0. The van der Waals surface area contributed by atoms with Gasteiger partial charge in [0.2, 0.25) is 0 Å². The molecular formula is C12H18N4S. The van der Waals surface area contributed by atoms with Gasteiger partial charge in [0, 0.05) is 35.9 Å². The van der Waals surface area contributed by atoms with Crippen LogP contribution in [0, 0.1) is 0 Å². The Bertz CT molecular complexity index is 461. The SMILES string of the molecule is CCCc1cnc(NCc2cnn(CC)c2)s1. The lowest BCUT2D eigenvalue weighted by Crippen LogP contribution is -1.97. The number of thiazole rings is 1. The first-order valence-corrected chi connectivity index (χ1v) is 6.83. The highest BCUT2D eigenvalue weighted by atomic mass is 32.1. The van der Waals surface area contributed by atoms with Crippen molar-refractivity contribution in [3.8, 4) is 0 Å². The number of aryl methyl sites for hydroxylation is 2. The maximum absolute atomic E-state index is 4.36. The fraction of sp³-hybridized carbons (Fsp3) is 0.500. The molecule has 0 aliphatic rings. The normalized spacial score (nSPS) is 10.7. The van der Waals surface area contributed by atoms with E-state index in [-0.39, 0.29) is 0 Å². The summed E-state index contributed by atoms with van der Waals surface area (Å²) in [7, 11) is 0. The Labute approximate surface area is 106 Å². The van der Waals surface area contributed by atoms with Gasteiger partial charge in [-0.15, -0.1) is 11.3 Å². The Kier molecular flexibility index (Phi) is 4.14. The third-order valence-corrected chi connectivity index (χ3v) is 3.52. The van der Waals surface area contributed by atoms with E-state index in [4.69, 9.17) is 0 Å². The second kappa shape index (κ2) is 5.82. The van der Waals surface area contributed by atoms with E-state index in [9.17, 15) is 0 Å². The number of nitrogens with one attached hydrogen (secondary N) is 1. The monoisotopic (exact) mass is 250 g/mol. The van der Waals surface area contributed by atoms with Crippen molar-refractivity contribution in [1.82, 2.24) is 14.8 Å². The first kappa shape index (κ1) is 12.1. The van der Waals surface area contributed by atoms with E-state index in [2.05, 4.69) is 35.4 Å². The van der Waals surface area contributed by atoms with Crippen LogP contribution >= 0.6 is 11.3 Å². The van der Waals surface area contributed by atoms with Crippen LogP contribution in [0.5, 0.6) is 0 Å². The average Bonchev–Trinajstić information content (AvgIpc) is 2.95. The molecule has 5 heteroatoms. The fourth-order valence-corrected chi connectivity index (χ4v) is 2.51. The minimum Gasteiger partial charge on any atom is -0.357 e. The Hall–Kier alpha value is -1.36. The molecule has 0 saturated carbocycles. The lowest BCUT2D eigenvalue weighted by molar-refractivity contribution is 0.659. The fourth-order valence-electron chi connectivity index (χ4n) is 1.60. The molecule has 2 aromatic rings. The smallest absolute Gasteiger partial charge is 0.183 e. The molecule has 2 aromatic heterocycles. The Morgan fingerprint density at radius 2 is 2.24 bits per heavy atom. The second-order valence-corrected chi connectivity index (χ2v) is 5.05. The molecule has 2 heterocycles. The first-order valence-electron chi connectivity index (χ1n) is 6.01. The van der Waals surface area contributed by atoms with Gasteiger partial charge >= 0.3 is 0 Å². The van der Waals surface area contributed by atoms with Gasteiger partial charge in [0.15, 0.2) is 5.13 Å². The standard InChI is InChI=1S/C12H18N4S/c1-3-5-11-8-14-12(17-11)13-6-10-7-15-16(4-2)9-10/h7-9H,3-6H2,1-2H3,(H,13,14). The second-order valence-electron chi connectivity index (χ2n) is 3.94. The molecule has 0 radical (unpaired) electrons. The van der Waals surface area contributed by atoms with Crippen LogP contribution < -0.4 is 5.32 Å². The molecule has 0 saturated heterocycles. The van der Waals surface area contributed by atoms with Gasteiger partial charge in [-0.05, 0) is 13.3 Å². The van der Waals surface area contributed by atoms with Crippen molar-refractivity contribution in [3.63, 3.8) is 0 Å². The number of aromatic nitrogens is 3. The Morgan fingerprint density at radius 1 is 1.35 bits per heavy atom. The first-order chi connectivity index (χ1) is 8.31. The van der Waals surface area contributed by atoms with Crippen LogP contribution in [-0.2, 0) is 19.5 Å². The lowest BCUT2D eigenvalue weighted by atomic mass is 10.3. The van der Waals surface area contributed by atoms with Crippen molar-refractivity contribution in [2.75, 3.05) is 5.32 Å². The van der Waals surface area contributed by atoms with Crippen LogP contribution in [0.4, 0.5) is 5.13 Å². The average molecular weight is 250 g/mol. The van der Waals surface area contributed by atoms with Gasteiger partial charge in [-0.25, -0.2) is 4.98 Å². The van der Waals surface area contributed by atoms with Crippen LogP contribution in [0.3, 0.4) is 0 Å². The maximum atomic E-state index is 4.36. The number of rotatable bonds is 6. The zero-order valence-corrected chi connectivity index (χ0v) is 11.1. The topological polar surface area (TPSA) is 42.7 Å². The van der Waals surface area contributed by atoms with Crippen molar-refractivity contribution in [3.05, 3.63) is 29.0 Å². The van der Waals surface area contributed by atoms with Crippen LogP contribution in [-0.4, -0.2) is 14.8 Å². The van der Waals surface area contributed by atoms with E-state index in [1.807, 2.05) is 17.1 Å². The van der Waals surface area contributed by atoms with Gasteiger partial charge in [0.25, 0.3) is 0 Å². The maximum Gasteiger partial charge on any atom is 0.183 e. The summed E-state index contributed by atoms with van der Waals surface area (Å²) in [6.45, 7) is 5.98. The molecule has 0 spiro atoms. The molecule has 0 aromatic carbocycles. The van der Waals surface area contributed by atoms with Crippen molar-refractivity contribution in [2.24, 2.45) is 0 Å². The van der Waals surface area contributed by atoms with Gasteiger partial charge in [0.1, 0.15) is 0 Å². The number of anilines is 1. The highest BCUT2D eigenvalue weighted by Gasteiger charge is 2.02. The minimum absolute atomic E-state index is 0.791. The summed E-state index contributed by atoms with van der Waals surface area (Å²) < 4.78 is 1.93. The molecular weight excluding hydrogens is 232 g/mol. The molecule has 4 nitrogen and oxygen atoms in total. The number of hydrogen-bond donors (Lipinski definition) is 1. The van der Waals surface area contributed by atoms with E-state index in [1.165, 1.54) is 16.9 Å². The molecule has 0 unspecified atom stereocenters. The molecule has 92 valence electrons. The van der Waals surface area contributed by atoms with Gasteiger partial charge in [0.05, 0.1) is 6.20 Å². The molecule has 0 atom stereocenters. The molecule has 2 rings (SSSR count). The summed E-state index contributed by atoms with van der Waals surface area (Å²) in [5, 5.41) is 8.57. The van der Waals surface area contributed by atoms with Crippen LogP contribution in [0.1, 0.15) is 30.7 Å². The quantitative estimate of drug-likeness (QED) is 0.857. The van der Waals surface area contributed by atoms with Gasteiger partial charge < -0.3 is 5.32 Å². The van der Waals surface area contributed by atoms with Gasteiger partial charge in [-0.1, -0.05) is 13.3 Å². The Balaban J connectivity index is 1.88. The summed E-state index contributed by atoms with van der Waals surface area (Å²) in [5.41, 5.74) is 1.19. The molecule has 0 aliphatic heterocycles. The molecule has 17 heavy (non-hydrogen) atoms. The predicted octanol–water partition coefficient (Wildman–Crippen LogP) is 2.92. The van der Waals surface area contributed by atoms with E-state index in [0.717, 1.165) is 24.6 Å². The number of hydrogen-bond acceptors (Lipinski definition) is 4. The van der Waals surface area contributed by atoms with E-state index < -0.39 is 0 Å². The third kappa shape index (κ3) is 3.30. The van der Waals surface area contributed by atoms with Crippen molar-refractivity contribution < 1.29 is 0 Å². The van der Waals surface area contributed by atoms with E-state index >= 15 is 0 Å². The van der Waals surface area contributed by atoms with Crippen LogP contribution in [0.25, 0.3) is 0 Å². The molecule has 0 aliphatic carbocycles. The third-order valence-electron chi connectivity index (χ3n) is 2.50. The largest absolute Gasteiger partial charge is 0.357 e. The van der Waals surface area contributed by atoms with E-state index in [1.54, 1.807) is 11.3 Å². The molecule has 0 fully saturated rings. The summed E-state index contributed by atoms with van der Waals surface area (Å²) >= 11 is 1.74. The van der Waals surface area contributed by atoms with Crippen LogP contribution in [0.15, 0.2) is 18.6 Å². The lowest BCUT2D eigenvalue weighted by Gasteiger charge is -1.98. The summed E-state index contributed by atoms with van der Waals surface area (Å²) in [6, 6.07) is 0. The summed E-state index contributed by atoms with van der Waals surface area (Å²) in [4.78, 5) is 5.70. The molecule has 0 bridgehead atoms. The zero-order chi connectivity index (χ0) is 12.1. The van der Waals surface area contributed by atoms with Crippen molar-refractivity contribution in [1.29, 1.82) is 0 Å². The summed E-state index contributed by atoms with van der Waals surface area (Å²) in [6.07, 6.45) is 8.22. The Morgan fingerprint density at radius 3 is 2.94 bits per heavy atom. The van der Waals surface area contributed by atoms with Crippen molar-refractivity contribution >= 4 is 16.5 Å². The van der Waals surface area contributed by atoms with Gasteiger partial charge in [-0.2, -0.15) is 5.10 Å². The highest BCUT2D eigenvalue weighted by Crippen LogP contribution is 2.19. The molecule has 1 N–H and O–H groups in total. The number of nitrogens with zero attached hydrogens (tertiary/aromatic N) is 3. The predicted molar refractivity (Wildman–Crippen MR) is 71.3 cm³/mol. The van der Waals surface area contributed by atoms with Crippen LogP contribution in [0.2, 0.25) is 0 Å². The van der Waals surface area contributed by atoms with Crippen molar-refractivity contribution in [2.45, 2.75) is 39.8 Å².